The van der Waals surface area contributed by atoms with Gasteiger partial charge in [-0.1, -0.05) is 12.1 Å². The Kier molecular flexibility index (Phi) is 3.87. The minimum absolute atomic E-state index is 0.162. The number of nitrogens with one attached hydrogen (secondary N) is 1. The summed E-state index contributed by atoms with van der Waals surface area (Å²) >= 11 is 0. The van der Waals surface area contributed by atoms with E-state index in [-0.39, 0.29) is 22.9 Å². The average molecular weight is 336 g/mol. The van der Waals surface area contributed by atoms with Crippen LogP contribution >= 0.6 is 0 Å². The number of aromatic nitrogens is 3. The lowest BCUT2D eigenvalue weighted by Gasteiger charge is -2.32. The summed E-state index contributed by atoms with van der Waals surface area (Å²) in [5.41, 5.74) is 1.78. The third-order valence-electron chi connectivity index (χ3n) is 4.94. The molecule has 1 N–H and O–H groups in total. The van der Waals surface area contributed by atoms with E-state index in [2.05, 4.69) is 10.1 Å². The maximum Gasteiger partial charge on any atom is 0.259 e. The molecule has 6 heteroatoms. The molecule has 25 heavy (non-hydrogen) atoms. The van der Waals surface area contributed by atoms with Gasteiger partial charge < -0.3 is 9.88 Å². The number of aryl methyl sites for hydroxylation is 1. The van der Waals surface area contributed by atoms with E-state index < -0.39 is 0 Å². The van der Waals surface area contributed by atoms with E-state index in [0.717, 1.165) is 23.9 Å². The van der Waals surface area contributed by atoms with E-state index >= 15 is 0 Å². The van der Waals surface area contributed by atoms with Gasteiger partial charge in [0.15, 0.2) is 0 Å². The van der Waals surface area contributed by atoms with Crippen molar-refractivity contribution in [3.05, 3.63) is 64.2 Å². The first kappa shape index (κ1) is 15.6. The van der Waals surface area contributed by atoms with Gasteiger partial charge in [-0.05, 0) is 37.5 Å². The van der Waals surface area contributed by atoms with Gasteiger partial charge in [0.1, 0.15) is 5.56 Å². The Balaban J connectivity index is 1.66. The summed E-state index contributed by atoms with van der Waals surface area (Å²) in [4.78, 5) is 30.6. The Morgan fingerprint density at radius 2 is 2.20 bits per heavy atom. The van der Waals surface area contributed by atoms with Crippen molar-refractivity contribution >= 4 is 16.8 Å². The van der Waals surface area contributed by atoms with E-state index in [1.165, 1.54) is 0 Å². The largest absolute Gasteiger partial charge is 0.360 e. The number of fused-ring (bicyclic) bond motifs is 1. The second-order valence-electron chi connectivity index (χ2n) is 6.56. The fourth-order valence-electron chi connectivity index (χ4n) is 3.58. The van der Waals surface area contributed by atoms with Gasteiger partial charge in [-0.25, -0.2) is 0 Å². The quantitative estimate of drug-likeness (QED) is 0.782. The van der Waals surface area contributed by atoms with Crippen molar-refractivity contribution in [1.82, 2.24) is 19.7 Å². The molecule has 128 valence electrons. The zero-order chi connectivity index (χ0) is 17.4. The number of nitrogens with zero attached hydrogens (tertiary/aromatic N) is 3. The molecule has 6 nitrogen and oxygen atoms in total. The standard InChI is InChI=1S/C19H20N4O2/c1-13-5-2-7-15-17(13)20-11-16(18(15)24)19(25)22-9-3-6-14(12-22)23-10-4-8-21-23/h2,4-5,7-8,10-11,14H,3,6,9,12H2,1H3,(H,20,24)/t14-/m0/s1. The third-order valence-corrected chi connectivity index (χ3v) is 4.94. The summed E-state index contributed by atoms with van der Waals surface area (Å²) in [6, 6.07) is 7.60. The van der Waals surface area contributed by atoms with Gasteiger partial charge in [-0.15, -0.1) is 0 Å². The molecular weight excluding hydrogens is 316 g/mol. The van der Waals surface area contributed by atoms with Crippen LogP contribution in [0.25, 0.3) is 10.9 Å². The SMILES string of the molecule is Cc1cccc2c(=O)c(C(=O)N3CCC[C@H](n4cccn4)C3)c[nH]c12. The number of rotatable bonds is 2. The Hall–Kier alpha value is -2.89. The molecule has 0 spiro atoms. The average Bonchev–Trinajstić information content (AvgIpc) is 3.17. The lowest BCUT2D eigenvalue weighted by Crippen LogP contribution is -2.42. The number of para-hydroxylation sites is 1. The molecule has 4 rings (SSSR count). The normalized spacial score (nSPS) is 17.8. The number of benzene rings is 1. The van der Waals surface area contributed by atoms with Crippen molar-refractivity contribution in [2.75, 3.05) is 13.1 Å². The number of hydrogen-bond acceptors (Lipinski definition) is 3. The summed E-state index contributed by atoms with van der Waals surface area (Å²) in [6.45, 7) is 3.19. The molecule has 0 saturated carbocycles. The van der Waals surface area contributed by atoms with Gasteiger partial charge in [-0.3, -0.25) is 14.3 Å². The highest BCUT2D eigenvalue weighted by molar-refractivity contribution is 5.97. The van der Waals surface area contributed by atoms with Crippen LogP contribution in [0.4, 0.5) is 0 Å². The van der Waals surface area contributed by atoms with E-state index in [4.69, 9.17) is 0 Å². The van der Waals surface area contributed by atoms with Crippen LogP contribution in [0, 0.1) is 6.92 Å². The number of hydrogen-bond donors (Lipinski definition) is 1. The number of carbonyl (C=O) groups excluding carboxylic acids is 1. The molecule has 3 heterocycles. The van der Waals surface area contributed by atoms with Crippen molar-refractivity contribution in [3.8, 4) is 0 Å². The second kappa shape index (κ2) is 6.20. The van der Waals surface area contributed by atoms with Crippen LogP contribution in [0.15, 0.2) is 47.7 Å². The van der Waals surface area contributed by atoms with Gasteiger partial charge >= 0.3 is 0 Å². The Bertz CT molecular complexity index is 975. The molecule has 0 radical (unpaired) electrons. The molecule has 3 aromatic rings. The first-order chi connectivity index (χ1) is 12.1. The molecule has 1 saturated heterocycles. The lowest BCUT2D eigenvalue weighted by molar-refractivity contribution is 0.0671. The van der Waals surface area contributed by atoms with E-state index in [1.807, 2.05) is 36.0 Å². The van der Waals surface area contributed by atoms with Crippen LogP contribution < -0.4 is 5.43 Å². The highest BCUT2D eigenvalue weighted by atomic mass is 16.2. The molecule has 1 aromatic carbocycles. The molecule has 0 unspecified atom stereocenters. The minimum atomic E-state index is -0.207. The van der Waals surface area contributed by atoms with E-state index in [0.29, 0.717) is 18.5 Å². The zero-order valence-electron chi connectivity index (χ0n) is 14.1. The summed E-state index contributed by atoms with van der Waals surface area (Å²) < 4.78 is 1.90. The number of likely N-dealkylation sites (tertiary alicyclic amines) is 1. The van der Waals surface area contributed by atoms with Crippen molar-refractivity contribution in [1.29, 1.82) is 0 Å². The van der Waals surface area contributed by atoms with E-state index in [1.54, 1.807) is 23.4 Å². The van der Waals surface area contributed by atoms with Gasteiger partial charge in [0.2, 0.25) is 5.43 Å². The molecule has 1 aliphatic heterocycles. The monoisotopic (exact) mass is 336 g/mol. The minimum Gasteiger partial charge on any atom is -0.360 e. The van der Waals surface area contributed by atoms with Crippen molar-refractivity contribution < 1.29 is 4.79 Å². The number of piperidine rings is 1. The van der Waals surface area contributed by atoms with Gasteiger partial charge in [-0.2, -0.15) is 5.10 Å². The van der Waals surface area contributed by atoms with Crippen LogP contribution in [0.5, 0.6) is 0 Å². The Labute approximate surface area is 145 Å². The second-order valence-corrected chi connectivity index (χ2v) is 6.56. The topological polar surface area (TPSA) is 71.0 Å². The van der Waals surface area contributed by atoms with Gasteiger partial charge in [0.25, 0.3) is 5.91 Å². The number of carbonyl (C=O) groups is 1. The highest BCUT2D eigenvalue weighted by Gasteiger charge is 2.27. The Morgan fingerprint density at radius 3 is 3.00 bits per heavy atom. The molecule has 2 aromatic heterocycles. The summed E-state index contributed by atoms with van der Waals surface area (Å²) in [6.07, 6.45) is 7.11. The smallest absolute Gasteiger partial charge is 0.259 e. The van der Waals surface area contributed by atoms with Crippen molar-refractivity contribution in [3.63, 3.8) is 0 Å². The summed E-state index contributed by atoms with van der Waals surface area (Å²) in [7, 11) is 0. The number of H-pyrrole nitrogens is 1. The third kappa shape index (κ3) is 2.73. The van der Waals surface area contributed by atoms with Crippen LogP contribution in [0.3, 0.4) is 0 Å². The maximum atomic E-state index is 12.9. The summed E-state index contributed by atoms with van der Waals surface area (Å²) in [5, 5.41) is 4.85. The fourth-order valence-corrected chi connectivity index (χ4v) is 3.58. The number of aromatic amines is 1. The number of pyridine rings is 1. The first-order valence-corrected chi connectivity index (χ1v) is 8.54. The van der Waals surface area contributed by atoms with E-state index in [9.17, 15) is 9.59 Å². The van der Waals surface area contributed by atoms with Crippen molar-refractivity contribution in [2.24, 2.45) is 0 Å². The fraction of sp³-hybridized carbons (Fsp3) is 0.316. The molecule has 1 fully saturated rings. The molecule has 1 atom stereocenters. The maximum absolute atomic E-state index is 12.9. The molecule has 1 amide bonds. The predicted molar refractivity (Wildman–Crippen MR) is 95.7 cm³/mol. The molecule has 0 aliphatic carbocycles. The highest BCUT2D eigenvalue weighted by Crippen LogP contribution is 2.22. The lowest BCUT2D eigenvalue weighted by atomic mass is 10.0. The van der Waals surface area contributed by atoms with Crippen molar-refractivity contribution in [2.45, 2.75) is 25.8 Å². The molecular formula is C19H20N4O2. The van der Waals surface area contributed by atoms with Crippen LogP contribution in [0.1, 0.15) is 34.8 Å². The number of amides is 1. The summed E-state index contributed by atoms with van der Waals surface area (Å²) in [5.74, 6) is -0.207. The van der Waals surface area contributed by atoms with Crippen LogP contribution in [0.2, 0.25) is 0 Å². The zero-order valence-corrected chi connectivity index (χ0v) is 14.1. The van der Waals surface area contributed by atoms with Gasteiger partial charge in [0.05, 0.1) is 11.6 Å². The Morgan fingerprint density at radius 1 is 1.32 bits per heavy atom. The first-order valence-electron chi connectivity index (χ1n) is 8.54. The van der Waals surface area contributed by atoms with Crippen LogP contribution in [-0.2, 0) is 0 Å². The molecule has 1 aliphatic rings. The predicted octanol–water partition coefficient (Wildman–Crippen LogP) is 2.51. The molecule has 0 bridgehead atoms. The van der Waals surface area contributed by atoms with Gasteiger partial charge in [0, 0.05) is 37.1 Å². The van der Waals surface area contributed by atoms with Crippen LogP contribution in [-0.4, -0.2) is 38.7 Å².